The summed E-state index contributed by atoms with van der Waals surface area (Å²) in [4.78, 5) is 10.7. The summed E-state index contributed by atoms with van der Waals surface area (Å²) in [7, 11) is -3.62. The molecule has 0 bridgehead atoms. The molecule has 0 radical (unpaired) electrons. The van der Waals surface area contributed by atoms with Gasteiger partial charge in [-0.3, -0.25) is 4.72 Å². The van der Waals surface area contributed by atoms with E-state index in [1.165, 1.54) is 12.1 Å². The molecule has 0 aromatic carbocycles. The summed E-state index contributed by atoms with van der Waals surface area (Å²) in [5.74, 6) is -0.875. The molecule has 0 fully saturated rings. The summed E-state index contributed by atoms with van der Waals surface area (Å²) in [6.45, 7) is 4.10. The highest BCUT2D eigenvalue weighted by molar-refractivity contribution is 7.91. The van der Waals surface area contributed by atoms with Gasteiger partial charge in [0.15, 0.2) is 0 Å². The second kappa shape index (κ2) is 5.48. The number of anilines is 1. The molecule has 8 heteroatoms. The molecule has 0 atom stereocenters. The lowest BCUT2D eigenvalue weighted by Crippen LogP contribution is -2.32. The SMILES string of the molecule is CC(C)CNS(=O)(=O)Nc1ccc(C(=O)O)s1. The monoisotopic (exact) mass is 278 g/mol. The van der Waals surface area contributed by atoms with Crippen molar-refractivity contribution in [2.45, 2.75) is 13.8 Å². The molecule has 0 aliphatic heterocycles. The predicted molar refractivity (Wildman–Crippen MR) is 66.7 cm³/mol. The first-order valence-corrected chi connectivity index (χ1v) is 7.20. The summed E-state index contributed by atoms with van der Waals surface area (Å²) < 4.78 is 27.7. The van der Waals surface area contributed by atoms with Crippen LogP contribution in [-0.4, -0.2) is 26.0 Å². The Hall–Kier alpha value is -1.12. The molecule has 0 unspecified atom stereocenters. The van der Waals surface area contributed by atoms with Gasteiger partial charge in [-0.25, -0.2) is 4.79 Å². The zero-order valence-electron chi connectivity index (χ0n) is 9.43. The fourth-order valence-corrected chi connectivity index (χ4v) is 3.00. The van der Waals surface area contributed by atoms with Crippen LogP contribution in [0.25, 0.3) is 0 Å². The normalized spacial score (nSPS) is 11.7. The van der Waals surface area contributed by atoms with Crippen molar-refractivity contribution < 1.29 is 18.3 Å². The van der Waals surface area contributed by atoms with Gasteiger partial charge in [-0.1, -0.05) is 13.8 Å². The van der Waals surface area contributed by atoms with E-state index < -0.39 is 16.2 Å². The first kappa shape index (κ1) is 13.9. The highest BCUT2D eigenvalue weighted by Crippen LogP contribution is 2.22. The van der Waals surface area contributed by atoms with Gasteiger partial charge in [0.1, 0.15) is 9.88 Å². The van der Waals surface area contributed by atoms with Crippen LogP contribution in [0.4, 0.5) is 5.00 Å². The zero-order chi connectivity index (χ0) is 13.1. The number of carbonyl (C=O) groups is 1. The fraction of sp³-hybridized carbons (Fsp3) is 0.444. The second-order valence-electron chi connectivity index (χ2n) is 3.82. The first-order valence-electron chi connectivity index (χ1n) is 4.90. The van der Waals surface area contributed by atoms with Crippen molar-refractivity contribution >= 4 is 32.5 Å². The molecule has 0 aliphatic carbocycles. The van der Waals surface area contributed by atoms with E-state index in [1.807, 2.05) is 13.8 Å². The summed E-state index contributed by atoms with van der Waals surface area (Å²) in [6, 6.07) is 2.77. The molecule has 0 spiro atoms. The van der Waals surface area contributed by atoms with E-state index in [1.54, 1.807) is 0 Å². The van der Waals surface area contributed by atoms with Crippen LogP contribution in [0, 0.1) is 5.92 Å². The third-order valence-electron chi connectivity index (χ3n) is 1.73. The van der Waals surface area contributed by atoms with Gasteiger partial charge in [-0.05, 0) is 18.1 Å². The minimum atomic E-state index is -3.62. The topological polar surface area (TPSA) is 95.5 Å². The Balaban J connectivity index is 2.66. The summed E-state index contributed by atoms with van der Waals surface area (Å²) >= 11 is 0.872. The average Bonchev–Trinajstić information content (AvgIpc) is 2.63. The fourth-order valence-electron chi connectivity index (χ4n) is 0.953. The van der Waals surface area contributed by atoms with Crippen LogP contribution in [0.15, 0.2) is 12.1 Å². The minimum Gasteiger partial charge on any atom is -0.477 e. The molecule has 1 rings (SSSR count). The molecule has 3 N–H and O–H groups in total. The molecule has 17 heavy (non-hydrogen) atoms. The van der Waals surface area contributed by atoms with E-state index in [9.17, 15) is 13.2 Å². The van der Waals surface area contributed by atoms with Gasteiger partial charge in [0.05, 0.1) is 0 Å². The quantitative estimate of drug-likeness (QED) is 0.732. The number of nitrogens with one attached hydrogen (secondary N) is 2. The van der Waals surface area contributed by atoms with Crippen LogP contribution >= 0.6 is 11.3 Å². The second-order valence-corrected chi connectivity index (χ2v) is 6.40. The molecular weight excluding hydrogens is 264 g/mol. The van der Waals surface area contributed by atoms with Crippen LogP contribution in [0.2, 0.25) is 0 Å². The Bertz CT molecular complexity index is 493. The van der Waals surface area contributed by atoms with Gasteiger partial charge in [0, 0.05) is 6.54 Å². The lowest BCUT2D eigenvalue weighted by molar-refractivity contribution is 0.0702. The number of rotatable bonds is 6. The Morgan fingerprint density at radius 3 is 2.59 bits per heavy atom. The van der Waals surface area contributed by atoms with E-state index in [2.05, 4.69) is 9.44 Å². The third-order valence-corrected chi connectivity index (χ3v) is 3.89. The smallest absolute Gasteiger partial charge is 0.345 e. The van der Waals surface area contributed by atoms with Crippen LogP contribution in [0.3, 0.4) is 0 Å². The lowest BCUT2D eigenvalue weighted by atomic mass is 10.2. The first-order chi connectivity index (χ1) is 7.80. The number of thiophene rings is 1. The van der Waals surface area contributed by atoms with E-state index in [4.69, 9.17) is 5.11 Å². The predicted octanol–water partition coefficient (Wildman–Crippen LogP) is 1.35. The van der Waals surface area contributed by atoms with Gasteiger partial charge in [-0.2, -0.15) is 13.1 Å². The van der Waals surface area contributed by atoms with E-state index >= 15 is 0 Å². The number of carboxylic acids is 1. The molecule has 0 aliphatic rings. The zero-order valence-corrected chi connectivity index (χ0v) is 11.1. The molecule has 1 heterocycles. The van der Waals surface area contributed by atoms with Crippen LogP contribution in [0.1, 0.15) is 23.5 Å². The molecule has 1 aromatic heterocycles. The maximum Gasteiger partial charge on any atom is 0.345 e. The van der Waals surface area contributed by atoms with Gasteiger partial charge >= 0.3 is 5.97 Å². The minimum absolute atomic E-state index is 0.0894. The highest BCUT2D eigenvalue weighted by atomic mass is 32.2. The molecule has 96 valence electrons. The van der Waals surface area contributed by atoms with E-state index in [0.717, 1.165) is 11.3 Å². The van der Waals surface area contributed by atoms with Gasteiger partial charge in [0.2, 0.25) is 0 Å². The van der Waals surface area contributed by atoms with Crippen molar-refractivity contribution in [3.63, 3.8) is 0 Å². The molecule has 1 aromatic rings. The Morgan fingerprint density at radius 1 is 1.47 bits per heavy atom. The summed E-state index contributed by atoms with van der Waals surface area (Å²) in [6.07, 6.45) is 0. The van der Waals surface area contributed by atoms with Crippen molar-refractivity contribution in [2.75, 3.05) is 11.3 Å². The number of carboxylic acid groups (broad SMARTS) is 1. The van der Waals surface area contributed by atoms with Crippen LogP contribution < -0.4 is 9.44 Å². The standard InChI is InChI=1S/C9H14N2O4S2/c1-6(2)5-10-17(14,15)11-8-4-3-7(16-8)9(12)13/h3-4,6,10-11H,5H2,1-2H3,(H,12,13). The van der Waals surface area contributed by atoms with Crippen LogP contribution in [0.5, 0.6) is 0 Å². The van der Waals surface area contributed by atoms with Crippen molar-refractivity contribution in [3.8, 4) is 0 Å². The Labute approximate surface area is 104 Å². The van der Waals surface area contributed by atoms with Crippen LogP contribution in [-0.2, 0) is 10.2 Å². The van der Waals surface area contributed by atoms with Crippen molar-refractivity contribution in [3.05, 3.63) is 17.0 Å². The third kappa shape index (κ3) is 4.72. The summed E-state index contributed by atoms with van der Waals surface area (Å²) in [5, 5.41) is 8.97. The van der Waals surface area contributed by atoms with Crippen molar-refractivity contribution in [1.29, 1.82) is 0 Å². The van der Waals surface area contributed by atoms with E-state index in [0.29, 0.717) is 6.54 Å². The summed E-state index contributed by atoms with van der Waals surface area (Å²) in [5.41, 5.74) is 0. The maximum absolute atomic E-state index is 11.5. The van der Waals surface area contributed by atoms with E-state index in [-0.39, 0.29) is 15.8 Å². The Morgan fingerprint density at radius 2 is 2.12 bits per heavy atom. The molecule has 6 nitrogen and oxygen atoms in total. The van der Waals surface area contributed by atoms with Gasteiger partial charge in [-0.15, -0.1) is 11.3 Å². The Kier molecular flexibility index (Phi) is 4.49. The maximum atomic E-state index is 11.5. The van der Waals surface area contributed by atoms with Gasteiger partial charge in [0.25, 0.3) is 10.2 Å². The van der Waals surface area contributed by atoms with Crippen molar-refractivity contribution in [1.82, 2.24) is 4.72 Å². The highest BCUT2D eigenvalue weighted by Gasteiger charge is 2.13. The largest absolute Gasteiger partial charge is 0.477 e. The number of aromatic carboxylic acids is 1. The van der Waals surface area contributed by atoms with Gasteiger partial charge < -0.3 is 5.11 Å². The molecule has 0 saturated carbocycles. The lowest BCUT2D eigenvalue weighted by Gasteiger charge is -2.09. The molecule has 0 amide bonds. The molecule has 0 saturated heterocycles. The number of hydrogen-bond acceptors (Lipinski definition) is 4. The molecular formula is C9H14N2O4S2. The average molecular weight is 278 g/mol. The number of hydrogen-bond donors (Lipinski definition) is 3. The van der Waals surface area contributed by atoms with Crippen molar-refractivity contribution in [2.24, 2.45) is 5.92 Å².